The fourth-order valence-corrected chi connectivity index (χ4v) is 5.30. The first kappa shape index (κ1) is 26.7. The van der Waals surface area contributed by atoms with Gasteiger partial charge in [-0.25, -0.2) is 8.42 Å². The molecule has 0 bridgehead atoms. The molecule has 0 aliphatic rings. The van der Waals surface area contributed by atoms with Gasteiger partial charge in [0.2, 0.25) is 11.8 Å². The lowest BCUT2D eigenvalue weighted by molar-refractivity contribution is -0.139. The summed E-state index contributed by atoms with van der Waals surface area (Å²) in [5, 5.41) is 2.57. The molecule has 3 rings (SSSR count). The van der Waals surface area contributed by atoms with Gasteiger partial charge < -0.3 is 15.0 Å². The number of ether oxygens (including phenoxy) is 1. The fourth-order valence-electron chi connectivity index (χ4n) is 3.80. The van der Waals surface area contributed by atoms with Crippen molar-refractivity contribution in [2.45, 2.75) is 31.3 Å². The van der Waals surface area contributed by atoms with E-state index in [-0.39, 0.29) is 17.3 Å². The van der Waals surface area contributed by atoms with Gasteiger partial charge in [-0.1, -0.05) is 48.5 Å². The molecule has 3 aromatic rings. The minimum atomic E-state index is -4.07. The molecule has 0 spiro atoms. The van der Waals surface area contributed by atoms with Gasteiger partial charge in [-0.05, 0) is 55.3 Å². The predicted octanol–water partition coefficient (Wildman–Crippen LogP) is 3.36. The zero-order valence-electron chi connectivity index (χ0n) is 20.8. The molecule has 9 heteroatoms. The van der Waals surface area contributed by atoms with Gasteiger partial charge in [-0.2, -0.15) is 0 Å². The van der Waals surface area contributed by atoms with Crippen molar-refractivity contribution in [3.63, 3.8) is 0 Å². The maximum atomic E-state index is 13.7. The number of benzene rings is 3. The minimum Gasteiger partial charge on any atom is -0.497 e. The third-order valence-corrected chi connectivity index (χ3v) is 7.69. The van der Waals surface area contributed by atoms with E-state index < -0.39 is 28.5 Å². The van der Waals surface area contributed by atoms with E-state index in [4.69, 9.17) is 4.74 Å². The zero-order chi connectivity index (χ0) is 26.3. The van der Waals surface area contributed by atoms with Crippen LogP contribution >= 0.6 is 0 Å². The van der Waals surface area contributed by atoms with Gasteiger partial charge in [0.05, 0.1) is 17.7 Å². The van der Waals surface area contributed by atoms with Crippen LogP contribution in [0.5, 0.6) is 5.75 Å². The molecule has 0 aromatic heterocycles. The molecular weight excluding hydrogens is 478 g/mol. The highest BCUT2D eigenvalue weighted by atomic mass is 32.2. The van der Waals surface area contributed by atoms with Crippen LogP contribution in [0.4, 0.5) is 5.69 Å². The number of rotatable bonds is 10. The Bertz CT molecular complexity index is 1290. The van der Waals surface area contributed by atoms with Gasteiger partial charge in [0.15, 0.2) is 0 Å². The van der Waals surface area contributed by atoms with E-state index in [0.29, 0.717) is 17.0 Å². The van der Waals surface area contributed by atoms with Gasteiger partial charge in [-0.15, -0.1) is 0 Å². The Morgan fingerprint density at radius 2 is 1.56 bits per heavy atom. The number of likely N-dealkylation sites (N-methyl/N-ethyl adjacent to an activating group) is 1. The molecule has 190 valence electrons. The summed E-state index contributed by atoms with van der Waals surface area (Å²) in [5.74, 6) is -0.203. The largest absolute Gasteiger partial charge is 0.497 e. The van der Waals surface area contributed by atoms with Crippen LogP contribution in [0.2, 0.25) is 0 Å². The normalized spacial score (nSPS) is 11.9. The number of nitrogens with one attached hydrogen (secondary N) is 1. The second-order valence-corrected chi connectivity index (χ2v) is 10.1. The minimum absolute atomic E-state index is 0.0714. The lowest BCUT2D eigenvalue weighted by Crippen LogP contribution is -2.50. The molecule has 3 aromatic carbocycles. The lowest BCUT2D eigenvalue weighted by atomic mass is 10.1. The summed E-state index contributed by atoms with van der Waals surface area (Å²) in [6.45, 7) is 3.05. The van der Waals surface area contributed by atoms with Gasteiger partial charge in [-0.3, -0.25) is 13.9 Å². The average Bonchev–Trinajstić information content (AvgIpc) is 2.90. The first-order chi connectivity index (χ1) is 17.2. The summed E-state index contributed by atoms with van der Waals surface area (Å²) in [7, 11) is -1.01. The molecule has 0 radical (unpaired) electrons. The van der Waals surface area contributed by atoms with Crippen molar-refractivity contribution in [1.29, 1.82) is 0 Å². The molecule has 0 unspecified atom stereocenters. The van der Waals surface area contributed by atoms with Gasteiger partial charge in [0.25, 0.3) is 10.0 Å². The van der Waals surface area contributed by atoms with E-state index in [2.05, 4.69) is 5.32 Å². The molecule has 0 aliphatic carbocycles. The second-order valence-electron chi connectivity index (χ2n) is 8.27. The Morgan fingerprint density at radius 3 is 2.14 bits per heavy atom. The molecule has 1 atom stereocenters. The Balaban J connectivity index is 2.01. The van der Waals surface area contributed by atoms with Gasteiger partial charge in [0, 0.05) is 13.6 Å². The number of carbonyl (C=O) groups excluding carboxylic acids is 2. The summed E-state index contributed by atoms with van der Waals surface area (Å²) >= 11 is 0. The highest BCUT2D eigenvalue weighted by Crippen LogP contribution is 2.27. The number of hydrogen-bond donors (Lipinski definition) is 1. The van der Waals surface area contributed by atoms with Crippen LogP contribution in [0.1, 0.15) is 18.1 Å². The highest BCUT2D eigenvalue weighted by molar-refractivity contribution is 7.92. The van der Waals surface area contributed by atoms with Crippen LogP contribution in [0.15, 0.2) is 83.8 Å². The van der Waals surface area contributed by atoms with Crippen LogP contribution in [-0.4, -0.2) is 51.9 Å². The van der Waals surface area contributed by atoms with Crippen molar-refractivity contribution in [3.8, 4) is 5.75 Å². The number of sulfonamides is 1. The summed E-state index contributed by atoms with van der Waals surface area (Å²) in [4.78, 5) is 27.7. The molecule has 2 amide bonds. The van der Waals surface area contributed by atoms with Gasteiger partial charge >= 0.3 is 0 Å². The average molecular weight is 510 g/mol. The maximum Gasteiger partial charge on any atom is 0.264 e. The van der Waals surface area contributed by atoms with Crippen LogP contribution in [-0.2, 0) is 26.2 Å². The van der Waals surface area contributed by atoms with Crippen molar-refractivity contribution in [2.75, 3.05) is 25.0 Å². The topological polar surface area (TPSA) is 96.0 Å². The molecule has 0 heterocycles. The van der Waals surface area contributed by atoms with E-state index in [1.165, 1.54) is 24.1 Å². The SMILES string of the molecule is CNC(=O)[C@H](C)N(Cc1ccc(OC)cc1)C(=O)CN(c1ccccc1C)S(=O)(=O)c1ccccc1. The van der Waals surface area contributed by atoms with Crippen molar-refractivity contribution in [3.05, 3.63) is 90.0 Å². The lowest BCUT2D eigenvalue weighted by Gasteiger charge is -2.32. The zero-order valence-corrected chi connectivity index (χ0v) is 21.7. The molecule has 8 nitrogen and oxygen atoms in total. The van der Waals surface area contributed by atoms with E-state index in [9.17, 15) is 18.0 Å². The monoisotopic (exact) mass is 509 g/mol. The van der Waals surface area contributed by atoms with Gasteiger partial charge in [0.1, 0.15) is 18.3 Å². The van der Waals surface area contributed by atoms with E-state index >= 15 is 0 Å². The number of amides is 2. The maximum absolute atomic E-state index is 13.7. The van der Waals surface area contributed by atoms with Crippen LogP contribution < -0.4 is 14.4 Å². The number of methoxy groups -OCH3 is 1. The van der Waals surface area contributed by atoms with Crippen LogP contribution in [0, 0.1) is 6.92 Å². The Morgan fingerprint density at radius 1 is 0.944 bits per heavy atom. The van der Waals surface area contributed by atoms with Crippen molar-refractivity contribution in [1.82, 2.24) is 10.2 Å². The van der Waals surface area contributed by atoms with Crippen molar-refractivity contribution < 1.29 is 22.7 Å². The number of nitrogens with zero attached hydrogens (tertiary/aromatic N) is 2. The first-order valence-electron chi connectivity index (χ1n) is 11.5. The molecule has 0 fully saturated rings. The van der Waals surface area contributed by atoms with E-state index in [0.717, 1.165) is 9.87 Å². The number of anilines is 1. The summed E-state index contributed by atoms with van der Waals surface area (Å²) in [6, 6.07) is 21.3. The Labute approximate surface area is 212 Å². The molecule has 0 saturated carbocycles. The first-order valence-corrected chi connectivity index (χ1v) is 12.9. The third-order valence-electron chi connectivity index (χ3n) is 5.92. The summed E-state index contributed by atoms with van der Waals surface area (Å²) in [6.07, 6.45) is 0. The fraction of sp³-hybridized carbons (Fsp3) is 0.259. The van der Waals surface area contributed by atoms with Crippen LogP contribution in [0.25, 0.3) is 0 Å². The number of carbonyl (C=O) groups is 2. The smallest absolute Gasteiger partial charge is 0.264 e. The van der Waals surface area contributed by atoms with E-state index in [1.807, 2.05) is 0 Å². The third kappa shape index (κ3) is 6.04. The Kier molecular flexibility index (Phi) is 8.71. The molecule has 36 heavy (non-hydrogen) atoms. The molecular formula is C27H31N3O5S. The summed E-state index contributed by atoms with van der Waals surface area (Å²) < 4.78 is 33.7. The van der Waals surface area contributed by atoms with Crippen molar-refractivity contribution >= 4 is 27.5 Å². The molecule has 0 saturated heterocycles. The standard InChI is InChI=1S/C27H31N3O5S/c1-20-10-8-9-13-25(20)30(36(33,34)24-11-6-5-7-12-24)19-26(31)29(21(2)27(32)28-3)18-22-14-16-23(35-4)17-15-22/h5-17,21H,18-19H2,1-4H3,(H,28,32)/t21-/m0/s1. The number of hydrogen-bond acceptors (Lipinski definition) is 5. The molecule has 0 aliphatic heterocycles. The highest BCUT2D eigenvalue weighted by Gasteiger charge is 2.32. The predicted molar refractivity (Wildman–Crippen MR) is 139 cm³/mol. The van der Waals surface area contributed by atoms with Crippen molar-refractivity contribution in [2.24, 2.45) is 0 Å². The summed E-state index contributed by atoms with van der Waals surface area (Å²) in [5.41, 5.74) is 1.87. The number of para-hydroxylation sites is 1. The molecule has 1 N–H and O–H groups in total. The second kappa shape index (κ2) is 11.7. The Hall–Kier alpha value is -3.85. The number of aryl methyl sites for hydroxylation is 1. The quantitative estimate of drug-likeness (QED) is 0.452. The van der Waals surface area contributed by atoms with E-state index in [1.54, 1.807) is 87.7 Å². The van der Waals surface area contributed by atoms with Crippen LogP contribution in [0.3, 0.4) is 0 Å².